The van der Waals surface area contributed by atoms with E-state index in [1.807, 2.05) is 31.2 Å². The Kier molecular flexibility index (Phi) is 8.17. The van der Waals surface area contributed by atoms with Crippen LogP contribution in [0.15, 0.2) is 59.9 Å². The number of carbonyl (C=O) groups excluding carboxylic acids is 2. The largest absolute Gasteiger partial charge is 0.390 e. The minimum atomic E-state index is -0.517. The van der Waals surface area contributed by atoms with Gasteiger partial charge in [-0.1, -0.05) is 41.6 Å². The van der Waals surface area contributed by atoms with Gasteiger partial charge in [0, 0.05) is 24.4 Å². The van der Waals surface area contributed by atoms with Gasteiger partial charge in [0.25, 0.3) is 5.69 Å². The molecule has 2 aromatic carbocycles. The van der Waals surface area contributed by atoms with E-state index in [4.69, 9.17) is 0 Å². The maximum Gasteiger partial charge on any atom is 0.269 e. The number of non-ortho nitro benzene ring substituents is 1. The van der Waals surface area contributed by atoms with Crippen LogP contribution in [0.5, 0.6) is 0 Å². The molecule has 0 aliphatic heterocycles. The number of aromatic nitrogens is 2. The van der Waals surface area contributed by atoms with Crippen LogP contribution >= 0.6 is 11.8 Å². The molecule has 0 saturated carbocycles. The second-order valence-electron chi connectivity index (χ2n) is 7.18. The van der Waals surface area contributed by atoms with Crippen LogP contribution in [0, 0.1) is 17.0 Å². The molecule has 1 aromatic heterocycles. The van der Waals surface area contributed by atoms with Crippen LogP contribution in [0.2, 0.25) is 0 Å². The molecule has 1 heterocycles. The van der Waals surface area contributed by atoms with E-state index in [1.54, 1.807) is 4.57 Å². The number of aryl methyl sites for hydroxylation is 1. The number of thioether (sulfide) groups is 1. The Hall–Kier alpha value is -3.70. The maximum absolute atomic E-state index is 12.4. The van der Waals surface area contributed by atoms with Crippen molar-refractivity contribution < 1.29 is 19.6 Å². The summed E-state index contributed by atoms with van der Waals surface area (Å²) in [6, 6.07) is 13.3. The molecule has 0 aliphatic rings. The number of hydrogen-bond donors (Lipinski definition) is 3. The highest BCUT2D eigenvalue weighted by Crippen LogP contribution is 2.20. The first-order valence-corrected chi connectivity index (χ1v) is 11.0. The van der Waals surface area contributed by atoms with Crippen molar-refractivity contribution in [2.24, 2.45) is 0 Å². The van der Waals surface area contributed by atoms with Gasteiger partial charge in [-0.2, -0.15) is 0 Å². The summed E-state index contributed by atoms with van der Waals surface area (Å²) in [5.74, 6) is -0.581. The smallest absolute Gasteiger partial charge is 0.269 e. The van der Waals surface area contributed by atoms with Crippen molar-refractivity contribution in [3.8, 4) is 0 Å². The van der Waals surface area contributed by atoms with Crippen molar-refractivity contribution in [3.63, 3.8) is 0 Å². The van der Waals surface area contributed by atoms with Gasteiger partial charge >= 0.3 is 0 Å². The molecule has 3 rings (SSSR count). The Balaban J connectivity index is 1.55. The summed E-state index contributed by atoms with van der Waals surface area (Å²) in [5.41, 5.74) is 2.93. The van der Waals surface area contributed by atoms with Crippen LogP contribution in [-0.4, -0.2) is 37.1 Å². The average molecular weight is 470 g/mol. The number of hydrogen-bond acceptors (Lipinski definition) is 7. The van der Waals surface area contributed by atoms with Gasteiger partial charge in [-0.05, 0) is 24.6 Å². The zero-order valence-electron chi connectivity index (χ0n) is 17.9. The number of nitro benzene ring substituents is 1. The summed E-state index contributed by atoms with van der Waals surface area (Å²) in [4.78, 5) is 39.1. The molecule has 0 radical (unpaired) electrons. The van der Waals surface area contributed by atoms with E-state index in [2.05, 4.69) is 15.6 Å². The molecule has 172 valence electrons. The highest BCUT2D eigenvalue weighted by molar-refractivity contribution is 7.99. The van der Waals surface area contributed by atoms with Gasteiger partial charge in [-0.3, -0.25) is 19.7 Å². The van der Waals surface area contributed by atoms with Crippen LogP contribution in [0.4, 0.5) is 11.4 Å². The molecule has 0 spiro atoms. The van der Waals surface area contributed by atoms with Crippen LogP contribution in [0.3, 0.4) is 0 Å². The van der Waals surface area contributed by atoms with Crippen LogP contribution in [-0.2, 0) is 29.3 Å². The molecule has 3 N–H and O–H groups in total. The number of rotatable bonds is 10. The predicted molar refractivity (Wildman–Crippen MR) is 124 cm³/mol. The number of benzene rings is 2. The predicted octanol–water partition coefficient (Wildman–Crippen LogP) is 2.64. The molecule has 10 nitrogen and oxygen atoms in total. The molecular formula is C22H23N5O5S. The normalized spacial score (nSPS) is 10.6. The summed E-state index contributed by atoms with van der Waals surface area (Å²) >= 11 is 1.12. The highest BCUT2D eigenvalue weighted by Gasteiger charge is 2.15. The Morgan fingerprint density at radius 1 is 1.12 bits per heavy atom. The molecule has 0 saturated heterocycles. The number of aliphatic hydroxyl groups excluding tert-OH is 1. The first-order valence-electron chi connectivity index (χ1n) is 10.0. The number of imidazole rings is 1. The lowest BCUT2D eigenvalue weighted by Crippen LogP contribution is -2.28. The molecule has 0 bridgehead atoms. The zero-order chi connectivity index (χ0) is 23.8. The number of nitrogens with one attached hydrogen (secondary N) is 2. The number of anilines is 1. The fraction of sp³-hybridized carbons (Fsp3) is 0.227. The second-order valence-corrected chi connectivity index (χ2v) is 8.12. The van der Waals surface area contributed by atoms with Gasteiger partial charge in [0.1, 0.15) is 6.54 Å². The summed E-state index contributed by atoms with van der Waals surface area (Å²) in [6.45, 7) is 2.02. The molecular weight excluding hydrogens is 446 g/mol. The van der Waals surface area contributed by atoms with E-state index in [1.165, 1.54) is 30.5 Å². The molecule has 3 aromatic rings. The number of amides is 2. The molecule has 0 fully saturated rings. The van der Waals surface area contributed by atoms with Crippen LogP contribution in [0.25, 0.3) is 0 Å². The molecule has 2 amide bonds. The van der Waals surface area contributed by atoms with Crippen molar-refractivity contribution in [1.82, 2.24) is 14.9 Å². The summed E-state index contributed by atoms with van der Waals surface area (Å²) in [7, 11) is 0. The van der Waals surface area contributed by atoms with Crippen molar-refractivity contribution in [2.75, 3.05) is 11.1 Å². The fourth-order valence-corrected chi connectivity index (χ4v) is 3.70. The first kappa shape index (κ1) is 24.0. The number of aliphatic hydroxyl groups is 1. The zero-order valence-corrected chi connectivity index (χ0v) is 18.7. The van der Waals surface area contributed by atoms with Gasteiger partial charge in [-0.25, -0.2) is 4.98 Å². The quantitative estimate of drug-likeness (QED) is 0.236. The first-order chi connectivity index (χ1) is 15.9. The minimum absolute atomic E-state index is 0.00382. The Labute approximate surface area is 194 Å². The Morgan fingerprint density at radius 3 is 2.45 bits per heavy atom. The van der Waals surface area contributed by atoms with Crippen LogP contribution in [0.1, 0.15) is 16.8 Å². The molecule has 0 aliphatic carbocycles. The lowest BCUT2D eigenvalue weighted by molar-refractivity contribution is -0.384. The molecule has 33 heavy (non-hydrogen) atoms. The van der Waals surface area contributed by atoms with Crippen molar-refractivity contribution in [2.45, 2.75) is 31.8 Å². The van der Waals surface area contributed by atoms with Crippen molar-refractivity contribution >= 4 is 35.0 Å². The third-order valence-corrected chi connectivity index (χ3v) is 5.66. The number of nitrogens with zero attached hydrogens (tertiary/aromatic N) is 3. The third-order valence-electron chi connectivity index (χ3n) is 4.67. The highest BCUT2D eigenvalue weighted by atomic mass is 32.2. The van der Waals surface area contributed by atoms with Crippen molar-refractivity contribution in [3.05, 3.63) is 81.7 Å². The number of carbonyl (C=O) groups is 2. The lowest BCUT2D eigenvalue weighted by Gasteiger charge is -2.11. The van der Waals surface area contributed by atoms with Crippen molar-refractivity contribution in [1.29, 1.82) is 0 Å². The van der Waals surface area contributed by atoms with E-state index >= 15 is 0 Å². The summed E-state index contributed by atoms with van der Waals surface area (Å²) in [5, 5.41) is 26.2. The van der Waals surface area contributed by atoms with E-state index in [-0.39, 0.29) is 36.4 Å². The standard InChI is InChI=1S/C22H23N5O5S/c1-15-2-4-16(5-3-15)10-23-20(29)12-26-19(13-28)11-24-22(26)33-14-21(30)25-17-6-8-18(9-7-17)27(31)32/h2-9,11,28H,10,12-14H2,1H3,(H,23,29)(H,25,30). The van der Waals surface area contributed by atoms with Gasteiger partial charge in [0.15, 0.2) is 5.16 Å². The van der Waals surface area contributed by atoms with Gasteiger partial charge in [-0.15, -0.1) is 0 Å². The van der Waals surface area contributed by atoms with E-state index in [0.717, 1.165) is 22.9 Å². The Bertz CT molecular complexity index is 1130. The SMILES string of the molecule is Cc1ccc(CNC(=O)Cn2c(CO)cnc2SCC(=O)Nc2ccc([N+](=O)[O-])cc2)cc1. The van der Waals surface area contributed by atoms with E-state index in [0.29, 0.717) is 23.1 Å². The minimum Gasteiger partial charge on any atom is -0.390 e. The molecule has 0 unspecified atom stereocenters. The lowest BCUT2D eigenvalue weighted by atomic mass is 10.1. The maximum atomic E-state index is 12.4. The monoisotopic (exact) mass is 469 g/mol. The second kappa shape index (κ2) is 11.2. The van der Waals surface area contributed by atoms with E-state index in [9.17, 15) is 24.8 Å². The molecule has 11 heteroatoms. The Morgan fingerprint density at radius 2 is 1.82 bits per heavy atom. The topological polar surface area (TPSA) is 139 Å². The average Bonchev–Trinajstić information content (AvgIpc) is 3.19. The van der Waals surface area contributed by atoms with Gasteiger partial charge < -0.3 is 20.3 Å². The summed E-state index contributed by atoms with van der Waals surface area (Å²) < 4.78 is 1.56. The fourth-order valence-electron chi connectivity index (χ4n) is 2.90. The molecule has 0 atom stereocenters. The van der Waals surface area contributed by atoms with E-state index < -0.39 is 4.92 Å². The van der Waals surface area contributed by atoms with Crippen LogP contribution < -0.4 is 10.6 Å². The van der Waals surface area contributed by atoms with Gasteiger partial charge in [0.2, 0.25) is 11.8 Å². The van der Waals surface area contributed by atoms with Gasteiger partial charge in [0.05, 0.1) is 29.2 Å². The summed E-state index contributed by atoms with van der Waals surface area (Å²) in [6.07, 6.45) is 1.46. The third kappa shape index (κ3) is 6.89. The number of nitro groups is 1.